The van der Waals surface area contributed by atoms with E-state index in [0.29, 0.717) is 6.42 Å². The monoisotopic (exact) mass is 755 g/mol. The third kappa shape index (κ3) is 41.0. The minimum atomic E-state index is -4.76. The SMILES string of the molecule is CCCCC/C=C\C/C=C\C/C=C\CCCCCCCCC(=O)O[C@H](COC(=O)CCCCCCCCCCCCCCCCC)COP(=O)(O)O. The lowest BCUT2D eigenvalue weighted by atomic mass is 10.0. The summed E-state index contributed by atoms with van der Waals surface area (Å²) < 4.78 is 26.4. The number of allylic oxidation sites excluding steroid dienone is 6. The number of unbranched alkanes of at least 4 members (excludes halogenated alkanes) is 23. The molecule has 1 atom stereocenters. The van der Waals surface area contributed by atoms with Crippen LogP contribution in [0.2, 0.25) is 0 Å². The van der Waals surface area contributed by atoms with E-state index in [-0.39, 0.29) is 19.4 Å². The molecular weight excluding hydrogens is 675 g/mol. The Balaban J connectivity index is 3.93. The van der Waals surface area contributed by atoms with E-state index in [1.54, 1.807) is 0 Å². The molecule has 0 bridgehead atoms. The van der Waals surface area contributed by atoms with Crippen LogP contribution in [0.3, 0.4) is 0 Å². The maximum atomic E-state index is 12.4. The Labute approximate surface area is 319 Å². The molecule has 0 radical (unpaired) electrons. The molecule has 0 aromatic rings. The fourth-order valence-electron chi connectivity index (χ4n) is 5.97. The Morgan fingerprint density at radius 2 is 0.865 bits per heavy atom. The molecule has 0 saturated carbocycles. The normalized spacial score (nSPS) is 12.8. The van der Waals surface area contributed by atoms with E-state index >= 15 is 0 Å². The van der Waals surface area contributed by atoms with Crippen LogP contribution >= 0.6 is 7.82 Å². The quantitative estimate of drug-likeness (QED) is 0.0275. The van der Waals surface area contributed by atoms with Crippen LogP contribution in [-0.4, -0.2) is 41.0 Å². The van der Waals surface area contributed by atoms with Crippen LogP contribution in [0.15, 0.2) is 36.5 Å². The third-order valence-electron chi connectivity index (χ3n) is 9.16. The zero-order valence-electron chi connectivity index (χ0n) is 33.5. The van der Waals surface area contributed by atoms with E-state index in [9.17, 15) is 14.2 Å². The number of ether oxygens (including phenoxy) is 2. The van der Waals surface area contributed by atoms with Crippen LogP contribution in [0.25, 0.3) is 0 Å². The van der Waals surface area contributed by atoms with Gasteiger partial charge in [-0.2, -0.15) is 0 Å². The van der Waals surface area contributed by atoms with Gasteiger partial charge < -0.3 is 19.3 Å². The number of phosphoric ester groups is 1. The number of hydrogen-bond acceptors (Lipinski definition) is 6. The zero-order valence-corrected chi connectivity index (χ0v) is 34.4. The molecular formula is C43H79O8P. The van der Waals surface area contributed by atoms with Gasteiger partial charge in [-0.05, 0) is 51.4 Å². The minimum Gasteiger partial charge on any atom is -0.462 e. The second kappa shape index (κ2) is 39.0. The topological polar surface area (TPSA) is 119 Å². The number of hydrogen-bond donors (Lipinski definition) is 2. The Morgan fingerprint density at radius 3 is 1.33 bits per heavy atom. The van der Waals surface area contributed by atoms with Crippen molar-refractivity contribution < 1.29 is 37.9 Å². The van der Waals surface area contributed by atoms with Gasteiger partial charge in [-0.1, -0.05) is 179 Å². The first-order valence-electron chi connectivity index (χ1n) is 21.3. The number of carbonyl (C=O) groups is 2. The molecule has 0 heterocycles. The third-order valence-corrected chi connectivity index (χ3v) is 9.65. The van der Waals surface area contributed by atoms with E-state index in [1.165, 1.54) is 103 Å². The summed E-state index contributed by atoms with van der Waals surface area (Å²) in [5, 5.41) is 0. The molecule has 0 aliphatic rings. The summed E-state index contributed by atoms with van der Waals surface area (Å²) in [4.78, 5) is 42.9. The van der Waals surface area contributed by atoms with Gasteiger partial charge in [0.15, 0.2) is 6.10 Å². The van der Waals surface area contributed by atoms with E-state index in [0.717, 1.165) is 70.6 Å². The number of esters is 2. The Kier molecular flexibility index (Phi) is 37.7. The van der Waals surface area contributed by atoms with Gasteiger partial charge in [0.1, 0.15) is 6.61 Å². The zero-order chi connectivity index (χ0) is 38.2. The highest BCUT2D eigenvalue weighted by Gasteiger charge is 2.22. The van der Waals surface area contributed by atoms with Crippen molar-refractivity contribution in [1.82, 2.24) is 0 Å². The molecule has 0 saturated heterocycles. The van der Waals surface area contributed by atoms with Crippen molar-refractivity contribution in [3.63, 3.8) is 0 Å². The number of carbonyl (C=O) groups excluding carboxylic acids is 2. The van der Waals surface area contributed by atoms with E-state index in [2.05, 4.69) is 54.8 Å². The van der Waals surface area contributed by atoms with Crippen molar-refractivity contribution in [2.75, 3.05) is 13.2 Å². The molecule has 304 valence electrons. The van der Waals surface area contributed by atoms with Crippen molar-refractivity contribution in [3.05, 3.63) is 36.5 Å². The van der Waals surface area contributed by atoms with Crippen LogP contribution in [0.4, 0.5) is 0 Å². The van der Waals surface area contributed by atoms with Gasteiger partial charge >= 0.3 is 19.8 Å². The van der Waals surface area contributed by atoms with E-state index in [1.807, 2.05) is 0 Å². The lowest BCUT2D eigenvalue weighted by Gasteiger charge is -2.18. The van der Waals surface area contributed by atoms with Gasteiger partial charge in [-0.3, -0.25) is 14.1 Å². The molecule has 52 heavy (non-hydrogen) atoms. The van der Waals surface area contributed by atoms with Crippen molar-refractivity contribution in [2.45, 2.75) is 213 Å². The molecule has 0 spiro atoms. The molecule has 0 aliphatic carbocycles. The lowest BCUT2D eigenvalue weighted by Crippen LogP contribution is -2.29. The predicted octanol–water partition coefficient (Wildman–Crippen LogP) is 13.0. The summed E-state index contributed by atoms with van der Waals surface area (Å²) in [7, 11) is -4.76. The fraction of sp³-hybridized carbons (Fsp3) is 0.814. The molecule has 0 unspecified atom stereocenters. The molecule has 0 rings (SSSR count). The highest BCUT2D eigenvalue weighted by molar-refractivity contribution is 7.46. The van der Waals surface area contributed by atoms with Gasteiger partial charge in [0, 0.05) is 12.8 Å². The van der Waals surface area contributed by atoms with Crippen molar-refractivity contribution >= 4 is 19.8 Å². The maximum Gasteiger partial charge on any atom is 0.469 e. The lowest BCUT2D eigenvalue weighted by molar-refractivity contribution is -0.161. The minimum absolute atomic E-state index is 0.199. The van der Waals surface area contributed by atoms with Crippen LogP contribution in [0.5, 0.6) is 0 Å². The average molecular weight is 755 g/mol. The van der Waals surface area contributed by atoms with E-state index < -0.39 is 32.5 Å². The second-order valence-electron chi connectivity index (χ2n) is 14.3. The molecule has 0 aliphatic heterocycles. The summed E-state index contributed by atoms with van der Waals surface area (Å²) >= 11 is 0. The smallest absolute Gasteiger partial charge is 0.462 e. The first kappa shape index (κ1) is 50.3. The number of rotatable bonds is 39. The number of phosphoric acid groups is 1. The van der Waals surface area contributed by atoms with Gasteiger partial charge in [0.25, 0.3) is 0 Å². The average Bonchev–Trinajstić information content (AvgIpc) is 3.11. The molecule has 0 fully saturated rings. The van der Waals surface area contributed by atoms with Crippen LogP contribution in [0.1, 0.15) is 206 Å². The molecule has 8 nitrogen and oxygen atoms in total. The summed E-state index contributed by atoms with van der Waals surface area (Å²) in [6, 6.07) is 0. The summed E-state index contributed by atoms with van der Waals surface area (Å²) in [6.45, 7) is 3.66. The van der Waals surface area contributed by atoms with Gasteiger partial charge in [-0.25, -0.2) is 4.57 Å². The molecule has 0 aromatic heterocycles. The molecule has 0 amide bonds. The van der Waals surface area contributed by atoms with Crippen molar-refractivity contribution in [2.24, 2.45) is 0 Å². The molecule has 9 heteroatoms. The van der Waals surface area contributed by atoms with E-state index in [4.69, 9.17) is 19.3 Å². The largest absolute Gasteiger partial charge is 0.469 e. The Hall–Kier alpha value is -1.73. The Bertz CT molecular complexity index is 941. The maximum absolute atomic E-state index is 12.4. The van der Waals surface area contributed by atoms with Gasteiger partial charge in [-0.15, -0.1) is 0 Å². The van der Waals surface area contributed by atoms with Crippen LogP contribution < -0.4 is 0 Å². The van der Waals surface area contributed by atoms with Crippen molar-refractivity contribution in [1.29, 1.82) is 0 Å². The molecule has 2 N–H and O–H groups in total. The van der Waals surface area contributed by atoms with Crippen molar-refractivity contribution in [3.8, 4) is 0 Å². The van der Waals surface area contributed by atoms with Crippen LogP contribution in [-0.2, 0) is 28.2 Å². The summed E-state index contributed by atoms with van der Waals surface area (Å²) in [5.74, 6) is -0.893. The van der Waals surface area contributed by atoms with Gasteiger partial charge in [0.2, 0.25) is 0 Å². The van der Waals surface area contributed by atoms with Crippen LogP contribution in [0, 0.1) is 0 Å². The standard InChI is InChI=1S/C43H79O8P/c1-3-5-7-9-11-13-15-17-19-20-21-22-24-26-28-30-32-34-36-38-43(45)51-41(40-50-52(46,47)48)39-49-42(44)37-35-33-31-29-27-25-23-18-16-14-12-10-8-6-4-2/h11,13,17,19,21-22,41H,3-10,12,14-16,18,20,23-40H2,1-2H3,(H2,46,47,48)/b13-11-,19-17-,22-21-/t41-/m1/s1. The fourth-order valence-corrected chi connectivity index (χ4v) is 6.33. The first-order chi connectivity index (χ1) is 25.3. The summed E-state index contributed by atoms with van der Waals surface area (Å²) in [5.41, 5.74) is 0. The second-order valence-corrected chi connectivity index (χ2v) is 15.6. The summed E-state index contributed by atoms with van der Waals surface area (Å²) in [6.07, 6.45) is 45.7. The Morgan fingerprint density at radius 1 is 0.500 bits per heavy atom. The first-order valence-corrected chi connectivity index (χ1v) is 22.8. The highest BCUT2D eigenvalue weighted by atomic mass is 31.2. The van der Waals surface area contributed by atoms with Gasteiger partial charge in [0.05, 0.1) is 6.61 Å². The highest BCUT2D eigenvalue weighted by Crippen LogP contribution is 2.36. The molecule has 0 aromatic carbocycles. The predicted molar refractivity (Wildman–Crippen MR) is 216 cm³/mol.